The van der Waals surface area contributed by atoms with Gasteiger partial charge in [0.25, 0.3) is 0 Å². The quantitative estimate of drug-likeness (QED) is 0.131. The predicted octanol–water partition coefficient (Wildman–Crippen LogP) is 11.4. The van der Waals surface area contributed by atoms with Crippen molar-refractivity contribution in [2.45, 2.75) is 12.3 Å². The Morgan fingerprint density at radius 3 is 1.86 bits per heavy atom. The van der Waals surface area contributed by atoms with Crippen molar-refractivity contribution in [3.05, 3.63) is 168 Å². The van der Waals surface area contributed by atoms with Crippen LogP contribution in [0.1, 0.15) is 29.0 Å². The Balaban J connectivity index is 1.07. The lowest BCUT2D eigenvalue weighted by atomic mass is 10.00. The number of nitrogens with two attached hydrogens (primary N) is 1. The van der Waals surface area contributed by atoms with Crippen molar-refractivity contribution in [2.24, 2.45) is 10.7 Å². The van der Waals surface area contributed by atoms with Crippen LogP contribution >= 0.6 is 0 Å². The standard InChI is InChI=1S/C45H31N3O3/c46-44(27-10-2-1-3-11-27)48-45(29-21-23-41-37(25-29)33-14-5-7-19-39(33)50-41)47-26-30-12-8-16-34-35-17-9-15-31(43(35)51-42(30)34)28-20-22-40-36(24-28)32-13-4-6-18-38(32)49-40/h1-26,44-45,48H,46H2/b47-26+. The molecule has 3 N–H and O–H groups in total. The molecule has 51 heavy (non-hydrogen) atoms. The van der Waals surface area contributed by atoms with E-state index in [-0.39, 0.29) is 0 Å². The van der Waals surface area contributed by atoms with Gasteiger partial charge in [0.15, 0.2) is 0 Å². The topological polar surface area (TPSA) is 89.8 Å². The van der Waals surface area contributed by atoms with Gasteiger partial charge in [-0.3, -0.25) is 10.3 Å². The van der Waals surface area contributed by atoms with Crippen molar-refractivity contribution in [2.75, 3.05) is 0 Å². The second kappa shape index (κ2) is 11.8. The summed E-state index contributed by atoms with van der Waals surface area (Å²) in [5, 5.41) is 9.92. The van der Waals surface area contributed by atoms with Gasteiger partial charge in [0.05, 0.1) is 6.17 Å². The van der Waals surface area contributed by atoms with Crippen molar-refractivity contribution < 1.29 is 13.3 Å². The van der Waals surface area contributed by atoms with E-state index in [1.807, 2.05) is 97.2 Å². The second-order valence-corrected chi connectivity index (χ2v) is 12.9. The first-order valence-electron chi connectivity index (χ1n) is 17.0. The molecule has 0 amide bonds. The van der Waals surface area contributed by atoms with E-state index in [9.17, 15) is 0 Å². The fourth-order valence-electron chi connectivity index (χ4n) is 7.29. The highest BCUT2D eigenvalue weighted by Crippen LogP contribution is 2.39. The maximum Gasteiger partial charge on any atom is 0.144 e. The zero-order valence-electron chi connectivity index (χ0n) is 27.4. The third-order valence-corrected chi connectivity index (χ3v) is 9.82. The Kier molecular flexibility index (Phi) is 6.84. The lowest BCUT2D eigenvalue weighted by Gasteiger charge is -2.21. The van der Waals surface area contributed by atoms with E-state index in [1.165, 1.54) is 0 Å². The average molecular weight is 662 g/mol. The lowest BCUT2D eigenvalue weighted by molar-refractivity contribution is 0.467. The SMILES string of the molecule is NC(NC(/N=C/c1cccc2c1oc1c(-c3ccc4oc5ccccc5c4c3)cccc12)c1ccc2oc3ccccc3c2c1)c1ccccc1. The van der Waals surface area contributed by atoms with Crippen LogP contribution in [-0.2, 0) is 0 Å². The Morgan fingerprint density at radius 1 is 0.490 bits per heavy atom. The number of fused-ring (bicyclic) bond motifs is 9. The second-order valence-electron chi connectivity index (χ2n) is 12.9. The highest BCUT2D eigenvalue weighted by molar-refractivity contribution is 6.14. The van der Waals surface area contributed by atoms with Gasteiger partial charge in [0, 0.05) is 49.7 Å². The van der Waals surface area contributed by atoms with Crippen LogP contribution in [0.2, 0.25) is 0 Å². The molecule has 3 heterocycles. The molecule has 6 nitrogen and oxygen atoms in total. The van der Waals surface area contributed by atoms with E-state index >= 15 is 0 Å². The van der Waals surface area contributed by atoms with Crippen LogP contribution in [0, 0.1) is 0 Å². The molecule has 0 radical (unpaired) electrons. The first-order valence-corrected chi connectivity index (χ1v) is 17.0. The van der Waals surface area contributed by atoms with Gasteiger partial charge in [-0.05, 0) is 59.2 Å². The molecule has 10 aromatic rings. The zero-order valence-corrected chi connectivity index (χ0v) is 27.4. The van der Waals surface area contributed by atoms with E-state index in [1.54, 1.807) is 0 Å². The van der Waals surface area contributed by atoms with E-state index in [0.29, 0.717) is 0 Å². The number of para-hydroxylation sites is 4. The van der Waals surface area contributed by atoms with Gasteiger partial charge < -0.3 is 19.0 Å². The molecule has 2 atom stereocenters. The number of nitrogens with zero attached hydrogens (tertiary/aromatic N) is 1. The number of hydrogen-bond donors (Lipinski definition) is 2. The highest BCUT2D eigenvalue weighted by atomic mass is 16.3. The maximum absolute atomic E-state index is 6.76. The Hall–Kier alpha value is -6.47. The Morgan fingerprint density at radius 2 is 1.10 bits per heavy atom. The molecule has 6 heteroatoms. The molecule has 0 aliphatic rings. The number of rotatable bonds is 7. The number of furan rings is 3. The summed E-state index contributed by atoms with van der Waals surface area (Å²) < 4.78 is 19.0. The smallest absolute Gasteiger partial charge is 0.144 e. The number of hydrogen-bond acceptors (Lipinski definition) is 6. The molecule has 10 rings (SSSR count). The molecule has 2 unspecified atom stereocenters. The van der Waals surface area contributed by atoms with Crippen LogP contribution in [0.4, 0.5) is 0 Å². The maximum atomic E-state index is 6.76. The van der Waals surface area contributed by atoms with Crippen molar-refractivity contribution in [3.63, 3.8) is 0 Å². The van der Waals surface area contributed by atoms with Gasteiger partial charge in [-0.2, -0.15) is 0 Å². The van der Waals surface area contributed by atoms with Gasteiger partial charge in [0.1, 0.15) is 39.7 Å². The normalized spacial score (nSPS) is 13.4. The van der Waals surface area contributed by atoms with Crippen LogP contribution in [0.25, 0.3) is 76.9 Å². The van der Waals surface area contributed by atoms with Crippen LogP contribution in [0.15, 0.2) is 170 Å². The molecule has 0 bridgehead atoms. The number of benzene rings is 7. The minimum absolute atomic E-state index is 0.445. The molecular formula is C45H31N3O3. The van der Waals surface area contributed by atoms with Crippen molar-refractivity contribution in [1.82, 2.24) is 5.32 Å². The molecule has 0 saturated carbocycles. The van der Waals surface area contributed by atoms with E-state index in [0.717, 1.165) is 93.6 Å². The minimum Gasteiger partial charge on any atom is -0.456 e. The minimum atomic E-state index is -0.454. The van der Waals surface area contributed by atoms with Gasteiger partial charge in [0.2, 0.25) is 0 Å². The zero-order chi connectivity index (χ0) is 33.9. The van der Waals surface area contributed by atoms with Crippen LogP contribution < -0.4 is 11.1 Å². The molecule has 3 aromatic heterocycles. The lowest BCUT2D eigenvalue weighted by Crippen LogP contribution is -2.31. The first kappa shape index (κ1) is 29.4. The van der Waals surface area contributed by atoms with Gasteiger partial charge in [-0.1, -0.05) is 109 Å². The average Bonchev–Trinajstić information content (AvgIpc) is 3.87. The summed E-state index contributed by atoms with van der Waals surface area (Å²) in [6.45, 7) is 0. The summed E-state index contributed by atoms with van der Waals surface area (Å²) in [5.41, 5.74) is 16.7. The fraction of sp³-hybridized carbons (Fsp3) is 0.0444. The molecule has 0 saturated heterocycles. The molecule has 0 fully saturated rings. The Labute approximate surface area is 292 Å². The highest BCUT2D eigenvalue weighted by Gasteiger charge is 2.19. The first-order chi connectivity index (χ1) is 25.2. The molecular weight excluding hydrogens is 631 g/mol. The van der Waals surface area contributed by atoms with Gasteiger partial charge in [-0.25, -0.2) is 0 Å². The monoisotopic (exact) mass is 661 g/mol. The van der Waals surface area contributed by atoms with E-state index < -0.39 is 12.3 Å². The Bertz CT molecular complexity index is 2930. The van der Waals surface area contributed by atoms with Gasteiger partial charge >= 0.3 is 0 Å². The molecule has 7 aromatic carbocycles. The molecule has 0 aliphatic carbocycles. The van der Waals surface area contributed by atoms with E-state index in [2.05, 4.69) is 66.0 Å². The van der Waals surface area contributed by atoms with Crippen LogP contribution in [0.3, 0.4) is 0 Å². The molecule has 244 valence electrons. The summed E-state index contributed by atoms with van der Waals surface area (Å²) >= 11 is 0. The summed E-state index contributed by atoms with van der Waals surface area (Å²) in [5.74, 6) is 0. The van der Waals surface area contributed by atoms with Crippen molar-refractivity contribution >= 4 is 72.0 Å². The summed E-state index contributed by atoms with van der Waals surface area (Å²) in [6, 6.07) is 51.3. The molecule has 0 aliphatic heterocycles. The fourth-order valence-corrected chi connectivity index (χ4v) is 7.29. The number of nitrogens with one attached hydrogen (secondary N) is 1. The van der Waals surface area contributed by atoms with Gasteiger partial charge in [-0.15, -0.1) is 0 Å². The molecule has 0 spiro atoms. The number of aliphatic imine (C=N–C) groups is 1. The third kappa shape index (κ3) is 5.00. The summed E-state index contributed by atoms with van der Waals surface area (Å²) in [7, 11) is 0. The van der Waals surface area contributed by atoms with Crippen molar-refractivity contribution in [3.8, 4) is 11.1 Å². The largest absolute Gasteiger partial charge is 0.456 e. The third-order valence-electron chi connectivity index (χ3n) is 9.82. The predicted molar refractivity (Wildman–Crippen MR) is 207 cm³/mol. The van der Waals surface area contributed by atoms with Crippen LogP contribution in [0.5, 0.6) is 0 Å². The van der Waals surface area contributed by atoms with Crippen molar-refractivity contribution in [1.29, 1.82) is 0 Å². The summed E-state index contributed by atoms with van der Waals surface area (Å²) in [4.78, 5) is 5.14. The summed E-state index contributed by atoms with van der Waals surface area (Å²) in [6.07, 6.45) is 0.991. The van der Waals surface area contributed by atoms with Crippen LogP contribution in [-0.4, -0.2) is 6.21 Å². The van der Waals surface area contributed by atoms with E-state index in [4.69, 9.17) is 24.0 Å².